The van der Waals surface area contributed by atoms with Crippen LogP contribution in [-0.4, -0.2) is 29.3 Å². The fraction of sp³-hybridized carbons (Fsp3) is 0.208. The number of aliphatic imine (C=N–C) groups is 1. The molecule has 0 unspecified atom stereocenters. The van der Waals surface area contributed by atoms with Crippen molar-refractivity contribution in [2.75, 3.05) is 13.2 Å². The third-order valence-corrected chi connectivity index (χ3v) is 6.02. The second kappa shape index (κ2) is 9.20. The Labute approximate surface area is 190 Å². The number of esters is 1. The van der Waals surface area contributed by atoms with Gasteiger partial charge in [0.2, 0.25) is 0 Å². The Morgan fingerprint density at radius 3 is 2.56 bits per heavy atom. The highest BCUT2D eigenvalue weighted by molar-refractivity contribution is 8.17. The van der Waals surface area contributed by atoms with Gasteiger partial charge in [0.15, 0.2) is 5.17 Å². The van der Waals surface area contributed by atoms with E-state index in [1.807, 2.05) is 61.5 Å². The Bertz CT molecular complexity index is 1180. The van der Waals surface area contributed by atoms with Crippen LogP contribution in [0.5, 0.6) is 5.75 Å². The number of carbonyl (C=O) groups is 1. The van der Waals surface area contributed by atoms with Crippen LogP contribution in [0.2, 0.25) is 0 Å². The number of allylic oxidation sites excluding steroid dienone is 1. The van der Waals surface area contributed by atoms with Crippen molar-refractivity contribution in [1.82, 2.24) is 4.90 Å². The molecule has 0 aromatic heterocycles. The van der Waals surface area contributed by atoms with Gasteiger partial charge in [-0.3, -0.25) is 4.90 Å². The van der Waals surface area contributed by atoms with Crippen molar-refractivity contribution in [1.29, 1.82) is 5.26 Å². The predicted octanol–water partition coefficient (Wildman–Crippen LogP) is 4.17. The number of hydrogen-bond acceptors (Lipinski definition) is 8. The normalized spacial score (nSPS) is 17.6. The van der Waals surface area contributed by atoms with Crippen LogP contribution in [0.3, 0.4) is 0 Å². The quantitative estimate of drug-likeness (QED) is 0.665. The van der Waals surface area contributed by atoms with Gasteiger partial charge in [-0.05, 0) is 31.7 Å². The number of fused-ring (bicyclic) bond motifs is 1. The third-order valence-electron chi connectivity index (χ3n) is 5.04. The molecule has 2 aliphatic rings. The Balaban J connectivity index is 2.02. The first-order valence-corrected chi connectivity index (χ1v) is 11.1. The maximum absolute atomic E-state index is 13.3. The van der Waals surface area contributed by atoms with Gasteiger partial charge in [0, 0.05) is 11.1 Å². The van der Waals surface area contributed by atoms with Crippen LogP contribution in [0.4, 0.5) is 0 Å². The summed E-state index contributed by atoms with van der Waals surface area (Å²) in [4.78, 5) is 20.2. The van der Waals surface area contributed by atoms with Crippen LogP contribution >= 0.6 is 11.8 Å². The van der Waals surface area contributed by atoms with E-state index in [2.05, 4.69) is 6.07 Å². The lowest BCUT2D eigenvalue weighted by atomic mass is 9.91. The fourth-order valence-electron chi connectivity index (χ4n) is 3.75. The molecule has 4 rings (SSSR count). The molecule has 2 heterocycles. The third kappa shape index (κ3) is 3.72. The molecule has 162 valence electrons. The first-order valence-electron chi connectivity index (χ1n) is 10.2. The number of amidine groups is 1. The van der Waals surface area contributed by atoms with Crippen LogP contribution in [-0.2, 0) is 9.53 Å². The summed E-state index contributed by atoms with van der Waals surface area (Å²) >= 11 is 1.19. The summed E-state index contributed by atoms with van der Waals surface area (Å²) in [5.74, 6) is 0.383. The molecular weight excluding hydrogens is 424 g/mol. The van der Waals surface area contributed by atoms with Gasteiger partial charge in [-0.1, -0.05) is 48.5 Å². The average molecular weight is 447 g/mol. The lowest BCUT2D eigenvalue weighted by molar-refractivity contribution is -0.139. The van der Waals surface area contributed by atoms with Crippen molar-refractivity contribution >= 4 is 28.6 Å². The molecule has 0 radical (unpaired) electrons. The van der Waals surface area contributed by atoms with E-state index in [4.69, 9.17) is 20.2 Å². The number of nitriles is 1. The summed E-state index contributed by atoms with van der Waals surface area (Å²) in [5, 5.41) is 10.1. The second-order valence-electron chi connectivity index (χ2n) is 6.91. The number of nitrogens with two attached hydrogens (primary N) is 1. The summed E-state index contributed by atoms with van der Waals surface area (Å²) in [7, 11) is 0. The van der Waals surface area contributed by atoms with E-state index in [-0.39, 0.29) is 12.4 Å². The summed E-state index contributed by atoms with van der Waals surface area (Å²) in [6.07, 6.45) is 0. The van der Waals surface area contributed by atoms with E-state index < -0.39 is 12.0 Å². The van der Waals surface area contributed by atoms with E-state index in [0.29, 0.717) is 33.7 Å². The van der Waals surface area contributed by atoms with Crippen molar-refractivity contribution in [3.8, 4) is 11.8 Å². The fourth-order valence-corrected chi connectivity index (χ4v) is 4.62. The largest absolute Gasteiger partial charge is 0.494 e. The predicted molar refractivity (Wildman–Crippen MR) is 124 cm³/mol. The first kappa shape index (κ1) is 21.5. The summed E-state index contributed by atoms with van der Waals surface area (Å²) < 4.78 is 11.3. The molecule has 1 atom stereocenters. The number of carbonyl (C=O) groups excluding carboxylic acids is 1. The zero-order chi connectivity index (χ0) is 22.7. The molecule has 0 saturated carbocycles. The average Bonchev–Trinajstić information content (AvgIpc) is 3.14. The number of hydrogen-bond donors (Lipinski definition) is 1. The Morgan fingerprint density at radius 1 is 1.16 bits per heavy atom. The van der Waals surface area contributed by atoms with Crippen LogP contribution < -0.4 is 10.5 Å². The smallest absolute Gasteiger partial charge is 0.338 e. The highest BCUT2D eigenvalue weighted by Gasteiger charge is 2.44. The molecule has 0 saturated heterocycles. The van der Waals surface area contributed by atoms with Crippen molar-refractivity contribution in [3.05, 3.63) is 82.0 Å². The van der Waals surface area contributed by atoms with Gasteiger partial charge < -0.3 is 15.2 Å². The Kier molecular flexibility index (Phi) is 6.19. The molecule has 0 spiro atoms. The topological polar surface area (TPSA) is 101 Å². The van der Waals surface area contributed by atoms with Gasteiger partial charge in [0.05, 0.1) is 24.5 Å². The molecular formula is C24H22N4O3S. The molecule has 2 aromatic rings. The SMILES string of the molecule is CCOC(=O)C1=C(c2ccccc2)N=C2SC(C#N)=C(N)N2[C@H]1c1ccccc1OCC. The Morgan fingerprint density at radius 2 is 1.88 bits per heavy atom. The van der Waals surface area contributed by atoms with E-state index in [0.717, 1.165) is 11.1 Å². The second-order valence-corrected chi connectivity index (χ2v) is 7.89. The molecule has 2 aromatic carbocycles. The summed E-state index contributed by atoms with van der Waals surface area (Å²) in [5.41, 5.74) is 8.72. The maximum atomic E-state index is 13.3. The molecule has 0 aliphatic carbocycles. The number of rotatable bonds is 6. The highest BCUT2D eigenvalue weighted by Crippen LogP contribution is 2.49. The number of para-hydroxylation sites is 1. The van der Waals surface area contributed by atoms with E-state index >= 15 is 0 Å². The van der Waals surface area contributed by atoms with E-state index in [1.165, 1.54) is 11.8 Å². The van der Waals surface area contributed by atoms with E-state index in [1.54, 1.807) is 11.8 Å². The lowest BCUT2D eigenvalue weighted by Gasteiger charge is -2.36. The maximum Gasteiger partial charge on any atom is 0.338 e. The van der Waals surface area contributed by atoms with E-state index in [9.17, 15) is 10.1 Å². The minimum absolute atomic E-state index is 0.213. The minimum atomic E-state index is -0.669. The van der Waals surface area contributed by atoms with Gasteiger partial charge in [-0.2, -0.15) is 5.26 Å². The van der Waals surface area contributed by atoms with Gasteiger partial charge in [0.25, 0.3) is 0 Å². The molecule has 2 aliphatic heterocycles. The monoisotopic (exact) mass is 446 g/mol. The number of nitrogens with zero attached hydrogens (tertiary/aromatic N) is 3. The van der Waals surface area contributed by atoms with Crippen molar-refractivity contribution < 1.29 is 14.3 Å². The van der Waals surface area contributed by atoms with Crippen LogP contribution in [0.25, 0.3) is 5.70 Å². The molecule has 0 fully saturated rings. The zero-order valence-electron chi connectivity index (χ0n) is 17.7. The van der Waals surface area contributed by atoms with Crippen LogP contribution in [0.1, 0.15) is 31.0 Å². The molecule has 7 nitrogen and oxygen atoms in total. The van der Waals surface area contributed by atoms with Gasteiger partial charge in [0.1, 0.15) is 28.6 Å². The summed E-state index contributed by atoms with van der Waals surface area (Å²) in [6, 6.07) is 18.4. The molecule has 32 heavy (non-hydrogen) atoms. The van der Waals surface area contributed by atoms with Gasteiger partial charge in [-0.25, -0.2) is 9.79 Å². The number of thioether (sulfide) groups is 1. The molecule has 0 bridgehead atoms. The van der Waals surface area contributed by atoms with Crippen LogP contribution in [0.15, 0.2) is 75.9 Å². The molecule has 2 N–H and O–H groups in total. The molecule has 0 amide bonds. The van der Waals surface area contributed by atoms with Gasteiger partial charge in [-0.15, -0.1) is 0 Å². The van der Waals surface area contributed by atoms with Crippen molar-refractivity contribution in [3.63, 3.8) is 0 Å². The summed E-state index contributed by atoms with van der Waals surface area (Å²) in [6.45, 7) is 4.33. The molecule has 8 heteroatoms. The Hall–Kier alpha value is -3.70. The van der Waals surface area contributed by atoms with Crippen molar-refractivity contribution in [2.24, 2.45) is 10.7 Å². The first-order chi connectivity index (χ1) is 15.6. The standard InChI is InChI=1S/C24H22N4O3S/c1-3-30-17-13-9-8-12-16(17)21-19(23(29)31-4-2)20(15-10-6-5-7-11-15)27-24-28(21)22(26)18(14-25)32-24/h5-13,21H,3-4,26H2,1-2H3/t21-/m0/s1. The van der Waals surface area contributed by atoms with Gasteiger partial charge >= 0.3 is 5.97 Å². The number of benzene rings is 2. The minimum Gasteiger partial charge on any atom is -0.494 e. The lowest BCUT2D eigenvalue weighted by Crippen LogP contribution is -2.39. The van der Waals surface area contributed by atoms with Crippen molar-refractivity contribution in [2.45, 2.75) is 19.9 Å². The van der Waals surface area contributed by atoms with Crippen LogP contribution in [0, 0.1) is 11.3 Å². The zero-order valence-corrected chi connectivity index (χ0v) is 18.6. The highest BCUT2D eigenvalue weighted by atomic mass is 32.2. The number of ether oxygens (including phenoxy) is 2.